The van der Waals surface area contributed by atoms with E-state index in [0.29, 0.717) is 5.02 Å². The van der Waals surface area contributed by atoms with Crippen LogP contribution in [0, 0.1) is 5.92 Å². The number of rotatable bonds is 5. The van der Waals surface area contributed by atoms with Crippen molar-refractivity contribution < 1.29 is 4.74 Å². The molecule has 2 aliphatic rings. The van der Waals surface area contributed by atoms with Crippen LogP contribution in [0.2, 0.25) is 5.02 Å². The predicted octanol–water partition coefficient (Wildman–Crippen LogP) is 4.27. The molecule has 0 bridgehead atoms. The van der Waals surface area contributed by atoms with E-state index in [0.717, 1.165) is 43.8 Å². The molecule has 0 spiro atoms. The molecule has 2 aromatic rings. The first-order valence-corrected chi connectivity index (χ1v) is 9.48. The molecule has 4 rings (SSSR count). The summed E-state index contributed by atoms with van der Waals surface area (Å²) in [7, 11) is 1.67. The standard InChI is InChI=1S/C21H25ClN2O/c1-25-21-14-18(7-8-20(21)22)24-11-9-23(10-12-24)15-17-13-19(17)16-5-3-2-4-6-16/h2-8,14,17,19H,9-13,15H2,1H3. The fraction of sp³-hybridized carbons (Fsp3) is 0.429. The van der Waals surface area contributed by atoms with Crippen LogP contribution < -0.4 is 9.64 Å². The molecule has 0 radical (unpaired) electrons. The first kappa shape index (κ1) is 16.7. The van der Waals surface area contributed by atoms with Crippen LogP contribution >= 0.6 is 11.6 Å². The Labute approximate surface area is 155 Å². The number of hydrogen-bond donors (Lipinski definition) is 0. The van der Waals surface area contributed by atoms with Crippen molar-refractivity contribution in [3.63, 3.8) is 0 Å². The van der Waals surface area contributed by atoms with Crippen molar-refractivity contribution in [1.29, 1.82) is 0 Å². The second-order valence-corrected chi connectivity index (χ2v) is 7.53. The maximum atomic E-state index is 6.14. The average Bonchev–Trinajstić information content (AvgIpc) is 3.43. The van der Waals surface area contributed by atoms with Crippen molar-refractivity contribution in [3.8, 4) is 5.75 Å². The summed E-state index contributed by atoms with van der Waals surface area (Å²) in [5.74, 6) is 2.37. The van der Waals surface area contributed by atoms with Gasteiger partial charge in [0, 0.05) is 44.5 Å². The summed E-state index contributed by atoms with van der Waals surface area (Å²) in [5.41, 5.74) is 2.72. The first-order valence-electron chi connectivity index (χ1n) is 9.10. The Hall–Kier alpha value is -1.71. The predicted molar refractivity (Wildman–Crippen MR) is 104 cm³/mol. The fourth-order valence-electron chi connectivity index (χ4n) is 3.92. The van der Waals surface area contributed by atoms with Gasteiger partial charge in [-0.25, -0.2) is 0 Å². The minimum absolute atomic E-state index is 0.672. The number of halogens is 1. The maximum Gasteiger partial charge on any atom is 0.139 e. The lowest BCUT2D eigenvalue weighted by Crippen LogP contribution is -2.47. The van der Waals surface area contributed by atoms with Crippen LogP contribution in [0.25, 0.3) is 0 Å². The molecular formula is C21H25ClN2O. The Bertz CT molecular complexity index is 713. The maximum absolute atomic E-state index is 6.14. The number of methoxy groups -OCH3 is 1. The third-order valence-corrected chi connectivity index (χ3v) is 5.83. The van der Waals surface area contributed by atoms with Crippen LogP contribution in [0.1, 0.15) is 17.9 Å². The Morgan fingerprint density at radius 1 is 1.04 bits per heavy atom. The highest BCUT2D eigenvalue weighted by Crippen LogP contribution is 2.47. The third-order valence-electron chi connectivity index (χ3n) is 5.52. The molecule has 4 heteroatoms. The van der Waals surface area contributed by atoms with Gasteiger partial charge in [0.05, 0.1) is 12.1 Å². The van der Waals surface area contributed by atoms with Gasteiger partial charge in [0.2, 0.25) is 0 Å². The molecule has 2 fully saturated rings. The van der Waals surface area contributed by atoms with Gasteiger partial charge in [0.15, 0.2) is 0 Å². The second kappa shape index (κ2) is 7.27. The monoisotopic (exact) mass is 356 g/mol. The third kappa shape index (κ3) is 3.78. The molecule has 3 nitrogen and oxygen atoms in total. The zero-order chi connectivity index (χ0) is 17.2. The van der Waals surface area contributed by atoms with Crippen molar-refractivity contribution in [2.24, 2.45) is 5.92 Å². The minimum Gasteiger partial charge on any atom is -0.495 e. The minimum atomic E-state index is 0.672. The summed E-state index contributed by atoms with van der Waals surface area (Å²) in [6, 6.07) is 17.0. The van der Waals surface area contributed by atoms with Gasteiger partial charge in [-0.1, -0.05) is 41.9 Å². The molecule has 1 aliphatic heterocycles. The zero-order valence-electron chi connectivity index (χ0n) is 14.7. The second-order valence-electron chi connectivity index (χ2n) is 7.12. The molecule has 2 atom stereocenters. The Balaban J connectivity index is 1.29. The lowest BCUT2D eigenvalue weighted by molar-refractivity contribution is 0.246. The molecule has 1 saturated heterocycles. The van der Waals surface area contributed by atoms with E-state index in [2.05, 4.69) is 46.2 Å². The number of piperazine rings is 1. The van der Waals surface area contributed by atoms with Crippen molar-refractivity contribution in [2.45, 2.75) is 12.3 Å². The van der Waals surface area contributed by atoms with Gasteiger partial charge >= 0.3 is 0 Å². The lowest BCUT2D eigenvalue weighted by Gasteiger charge is -2.36. The highest BCUT2D eigenvalue weighted by Gasteiger charge is 2.39. The molecule has 0 N–H and O–H groups in total. The smallest absolute Gasteiger partial charge is 0.139 e. The van der Waals surface area contributed by atoms with E-state index < -0.39 is 0 Å². The van der Waals surface area contributed by atoms with Crippen molar-refractivity contribution >= 4 is 17.3 Å². The van der Waals surface area contributed by atoms with E-state index >= 15 is 0 Å². The van der Waals surface area contributed by atoms with E-state index in [9.17, 15) is 0 Å². The zero-order valence-corrected chi connectivity index (χ0v) is 15.5. The normalized spacial score (nSPS) is 23.5. The number of anilines is 1. The molecule has 1 saturated carbocycles. The van der Waals surface area contributed by atoms with Gasteiger partial charge < -0.3 is 9.64 Å². The summed E-state index contributed by atoms with van der Waals surface area (Å²) in [4.78, 5) is 5.05. The molecule has 2 unspecified atom stereocenters. The quantitative estimate of drug-likeness (QED) is 0.795. The van der Waals surface area contributed by atoms with E-state index in [1.807, 2.05) is 12.1 Å². The van der Waals surface area contributed by atoms with Gasteiger partial charge in [0.1, 0.15) is 5.75 Å². The first-order chi connectivity index (χ1) is 12.2. The van der Waals surface area contributed by atoms with Gasteiger partial charge in [-0.3, -0.25) is 4.90 Å². The largest absolute Gasteiger partial charge is 0.495 e. The molecule has 1 heterocycles. The number of ether oxygens (including phenoxy) is 1. The lowest BCUT2D eigenvalue weighted by atomic mass is 10.1. The van der Waals surface area contributed by atoms with Crippen molar-refractivity contribution in [3.05, 3.63) is 59.1 Å². The average molecular weight is 357 g/mol. The summed E-state index contributed by atoms with van der Waals surface area (Å²) < 4.78 is 5.34. The molecule has 2 aromatic carbocycles. The molecule has 0 aromatic heterocycles. The van der Waals surface area contributed by atoms with Gasteiger partial charge in [-0.15, -0.1) is 0 Å². The van der Waals surface area contributed by atoms with E-state index in [4.69, 9.17) is 16.3 Å². The van der Waals surface area contributed by atoms with Gasteiger partial charge in [-0.05, 0) is 36.0 Å². The fourth-order valence-corrected chi connectivity index (χ4v) is 4.12. The van der Waals surface area contributed by atoms with E-state index in [-0.39, 0.29) is 0 Å². The van der Waals surface area contributed by atoms with Gasteiger partial charge in [0.25, 0.3) is 0 Å². The van der Waals surface area contributed by atoms with Crippen LogP contribution in [0.15, 0.2) is 48.5 Å². The molecule has 1 aliphatic carbocycles. The number of benzene rings is 2. The summed E-state index contributed by atoms with van der Waals surface area (Å²) >= 11 is 6.14. The van der Waals surface area contributed by atoms with Crippen LogP contribution in [0.4, 0.5) is 5.69 Å². The van der Waals surface area contributed by atoms with Crippen LogP contribution in [-0.4, -0.2) is 44.7 Å². The number of hydrogen-bond acceptors (Lipinski definition) is 3. The molecule has 25 heavy (non-hydrogen) atoms. The molecular weight excluding hydrogens is 332 g/mol. The Morgan fingerprint density at radius 3 is 2.52 bits per heavy atom. The van der Waals surface area contributed by atoms with Crippen LogP contribution in [-0.2, 0) is 0 Å². The van der Waals surface area contributed by atoms with Crippen molar-refractivity contribution in [1.82, 2.24) is 4.90 Å². The SMILES string of the molecule is COc1cc(N2CCN(CC3CC3c3ccccc3)CC2)ccc1Cl. The van der Waals surface area contributed by atoms with Gasteiger partial charge in [-0.2, -0.15) is 0 Å². The number of nitrogens with zero attached hydrogens (tertiary/aromatic N) is 2. The molecule has 132 valence electrons. The van der Waals surface area contributed by atoms with Crippen molar-refractivity contribution in [2.75, 3.05) is 44.7 Å². The highest BCUT2D eigenvalue weighted by atomic mass is 35.5. The summed E-state index contributed by atoms with van der Waals surface area (Å²) in [6.45, 7) is 5.62. The van der Waals surface area contributed by atoms with E-state index in [1.54, 1.807) is 7.11 Å². The Morgan fingerprint density at radius 2 is 1.80 bits per heavy atom. The molecule has 0 amide bonds. The summed E-state index contributed by atoms with van der Waals surface area (Å²) in [5, 5.41) is 0.672. The van der Waals surface area contributed by atoms with Crippen LogP contribution in [0.3, 0.4) is 0 Å². The summed E-state index contributed by atoms with van der Waals surface area (Å²) in [6.07, 6.45) is 1.35. The van der Waals surface area contributed by atoms with E-state index in [1.165, 1.54) is 24.2 Å². The highest BCUT2D eigenvalue weighted by molar-refractivity contribution is 6.32. The topological polar surface area (TPSA) is 15.7 Å². The van der Waals surface area contributed by atoms with Crippen LogP contribution in [0.5, 0.6) is 5.75 Å². The Kier molecular flexibility index (Phi) is 4.87.